The van der Waals surface area contributed by atoms with Gasteiger partial charge in [-0.05, 0) is 18.2 Å². The number of primary amides is 1. The number of nitrogens with two attached hydrogens (primary N) is 1. The number of nitrogens with one attached hydrogen (secondary N) is 1. The smallest absolute Gasteiger partial charge is 0.248 e. The highest BCUT2D eigenvalue weighted by Crippen LogP contribution is 2.27. The monoisotopic (exact) mass is 239 g/mol. The number of anilines is 1. The van der Waals surface area contributed by atoms with Crippen molar-refractivity contribution in [3.63, 3.8) is 0 Å². The molecule has 0 aromatic heterocycles. The molecule has 0 aliphatic carbocycles. The summed E-state index contributed by atoms with van der Waals surface area (Å²) in [6, 6.07) is 5.62. The molecule has 2 rings (SSSR count). The number of rotatable bonds is 3. The van der Waals surface area contributed by atoms with Crippen LogP contribution in [-0.4, -0.2) is 32.1 Å². The van der Waals surface area contributed by atoms with Crippen LogP contribution in [0.2, 0.25) is 5.02 Å². The van der Waals surface area contributed by atoms with Crippen molar-refractivity contribution >= 4 is 23.2 Å². The Hall–Kier alpha value is -1.26. The molecule has 0 unspecified atom stereocenters. The van der Waals surface area contributed by atoms with Gasteiger partial charge >= 0.3 is 0 Å². The van der Waals surface area contributed by atoms with Gasteiger partial charge in [-0.15, -0.1) is 0 Å². The molecule has 1 heterocycles. The zero-order chi connectivity index (χ0) is 11.7. The number of benzene rings is 1. The van der Waals surface area contributed by atoms with E-state index in [9.17, 15) is 4.79 Å². The molecule has 1 fully saturated rings. The molecule has 1 aromatic carbocycles. The minimum Gasteiger partial charge on any atom is -0.368 e. The fraction of sp³-hybridized carbons (Fsp3) is 0.364. The summed E-state index contributed by atoms with van der Waals surface area (Å²) in [5, 5.41) is 3.76. The maximum atomic E-state index is 11.0. The quantitative estimate of drug-likeness (QED) is 0.822. The number of carbonyl (C=O) groups is 1. The zero-order valence-electron chi connectivity index (χ0n) is 9.03. The van der Waals surface area contributed by atoms with Gasteiger partial charge in [-0.25, -0.2) is 0 Å². The van der Waals surface area contributed by atoms with Gasteiger partial charge in [0.15, 0.2) is 0 Å². The second-order valence-electron chi connectivity index (χ2n) is 3.95. The van der Waals surface area contributed by atoms with E-state index in [-0.39, 0.29) is 0 Å². The predicted molar refractivity (Wildman–Crippen MR) is 65.0 cm³/mol. The first-order valence-electron chi connectivity index (χ1n) is 5.12. The van der Waals surface area contributed by atoms with Gasteiger partial charge in [-0.3, -0.25) is 4.79 Å². The summed E-state index contributed by atoms with van der Waals surface area (Å²) in [7, 11) is 2.00. The Morgan fingerprint density at radius 3 is 2.69 bits per heavy atom. The molecule has 1 aliphatic rings. The summed E-state index contributed by atoms with van der Waals surface area (Å²) in [6.45, 7) is 1.93. The van der Waals surface area contributed by atoms with Crippen molar-refractivity contribution in [3.05, 3.63) is 28.8 Å². The van der Waals surface area contributed by atoms with Crippen LogP contribution in [0.1, 0.15) is 10.4 Å². The molecule has 1 aromatic rings. The van der Waals surface area contributed by atoms with E-state index in [1.165, 1.54) is 0 Å². The molecule has 3 N–H and O–H groups in total. The van der Waals surface area contributed by atoms with E-state index < -0.39 is 5.91 Å². The molecule has 0 radical (unpaired) electrons. The second kappa shape index (κ2) is 4.31. The molecule has 5 heteroatoms. The summed E-state index contributed by atoms with van der Waals surface area (Å²) in [6.07, 6.45) is 0. The second-order valence-corrected chi connectivity index (χ2v) is 4.36. The Labute approximate surface area is 99.4 Å². The lowest BCUT2D eigenvalue weighted by Crippen LogP contribution is -2.56. The van der Waals surface area contributed by atoms with E-state index in [1.807, 2.05) is 13.1 Å². The zero-order valence-corrected chi connectivity index (χ0v) is 9.79. The fourth-order valence-corrected chi connectivity index (χ4v) is 2.00. The van der Waals surface area contributed by atoms with Gasteiger partial charge in [0.05, 0.1) is 16.8 Å². The van der Waals surface area contributed by atoms with Crippen molar-refractivity contribution in [1.29, 1.82) is 0 Å². The number of carbonyl (C=O) groups excluding carboxylic acids is 1. The average molecular weight is 240 g/mol. The fourth-order valence-electron chi connectivity index (χ4n) is 1.69. The molecule has 1 saturated heterocycles. The Kier molecular flexibility index (Phi) is 3.03. The summed E-state index contributed by atoms with van der Waals surface area (Å²) >= 11 is 6.12. The van der Waals surface area contributed by atoms with Gasteiger partial charge < -0.3 is 16.0 Å². The Bertz CT molecular complexity index is 418. The molecular weight excluding hydrogens is 226 g/mol. The predicted octanol–water partition coefficient (Wildman–Crippen LogP) is 0.847. The summed E-state index contributed by atoms with van der Waals surface area (Å²) in [5.41, 5.74) is 6.55. The largest absolute Gasteiger partial charge is 0.368 e. The van der Waals surface area contributed by atoms with Gasteiger partial charge in [0, 0.05) is 25.7 Å². The van der Waals surface area contributed by atoms with Crippen molar-refractivity contribution in [1.82, 2.24) is 5.32 Å². The highest BCUT2D eigenvalue weighted by atomic mass is 35.5. The molecular formula is C11H14ClN3O. The minimum absolute atomic E-state index is 0.439. The number of hydrogen-bond acceptors (Lipinski definition) is 3. The van der Waals surface area contributed by atoms with Crippen molar-refractivity contribution in [3.8, 4) is 0 Å². The van der Waals surface area contributed by atoms with E-state index in [2.05, 4.69) is 10.2 Å². The first kappa shape index (κ1) is 11.2. The molecule has 4 nitrogen and oxygen atoms in total. The summed E-state index contributed by atoms with van der Waals surface area (Å²) in [4.78, 5) is 13.1. The van der Waals surface area contributed by atoms with Gasteiger partial charge in [0.25, 0.3) is 0 Å². The SMILES string of the molecule is CN(c1ccc(C(N)=O)cc1Cl)C1CNC1. The van der Waals surface area contributed by atoms with Crippen LogP contribution in [0.5, 0.6) is 0 Å². The summed E-state index contributed by atoms with van der Waals surface area (Å²) < 4.78 is 0. The lowest BCUT2D eigenvalue weighted by Gasteiger charge is -2.37. The van der Waals surface area contributed by atoms with Crippen LogP contribution in [0, 0.1) is 0 Å². The molecule has 0 bridgehead atoms. The number of hydrogen-bond donors (Lipinski definition) is 2. The molecule has 0 saturated carbocycles. The van der Waals surface area contributed by atoms with E-state index in [1.54, 1.807) is 12.1 Å². The van der Waals surface area contributed by atoms with Crippen LogP contribution in [-0.2, 0) is 0 Å². The molecule has 1 amide bonds. The lowest BCUT2D eigenvalue weighted by molar-refractivity contribution is 0.100. The molecule has 0 atom stereocenters. The third kappa shape index (κ3) is 1.99. The van der Waals surface area contributed by atoms with E-state index in [4.69, 9.17) is 17.3 Å². The Balaban J connectivity index is 2.24. The normalized spacial score (nSPS) is 15.6. The van der Waals surface area contributed by atoms with Crippen molar-refractivity contribution in [2.75, 3.05) is 25.0 Å². The molecule has 1 aliphatic heterocycles. The number of likely N-dealkylation sites (N-methyl/N-ethyl adjacent to an activating group) is 1. The van der Waals surface area contributed by atoms with Gasteiger partial charge in [0.2, 0.25) is 5.91 Å². The third-order valence-electron chi connectivity index (χ3n) is 2.92. The highest BCUT2D eigenvalue weighted by Gasteiger charge is 2.23. The number of amides is 1. The van der Waals surface area contributed by atoms with Crippen molar-refractivity contribution in [2.24, 2.45) is 5.73 Å². The van der Waals surface area contributed by atoms with Gasteiger partial charge in [0.1, 0.15) is 0 Å². The minimum atomic E-state index is -0.457. The van der Waals surface area contributed by atoms with Gasteiger partial charge in [-0.2, -0.15) is 0 Å². The van der Waals surface area contributed by atoms with Crippen LogP contribution in [0.3, 0.4) is 0 Å². The van der Waals surface area contributed by atoms with Crippen LogP contribution in [0.15, 0.2) is 18.2 Å². The number of nitrogens with zero attached hydrogens (tertiary/aromatic N) is 1. The lowest BCUT2D eigenvalue weighted by atomic mass is 10.1. The van der Waals surface area contributed by atoms with E-state index >= 15 is 0 Å². The molecule has 86 valence electrons. The van der Waals surface area contributed by atoms with Crippen molar-refractivity contribution < 1.29 is 4.79 Å². The van der Waals surface area contributed by atoms with E-state index in [0.29, 0.717) is 16.6 Å². The Morgan fingerprint density at radius 2 is 2.25 bits per heavy atom. The topological polar surface area (TPSA) is 58.4 Å². The van der Waals surface area contributed by atoms with Crippen molar-refractivity contribution in [2.45, 2.75) is 6.04 Å². The van der Waals surface area contributed by atoms with E-state index in [0.717, 1.165) is 18.8 Å². The first-order chi connectivity index (χ1) is 7.59. The van der Waals surface area contributed by atoms with Crippen LogP contribution in [0.4, 0.5) is 5.69 Å². The standard InChI is InChI=1S/C11H14ClN3O/c1-15(8-5-14-6-8)10-3-2-7(11(13)16)4-9(10)12/h2-4,8,14H,5-6H2,1H3,(H2,13,16). The average Bonchev–Trinajstić information content (AvgIpc) is 2.14. The maximum Gasteiger partial charge on any atom is 0.248 e. The first-order valence-corrected chi connectivity index (χ1v) is 5.50. The molecule has 16 heavy (non-hydrogen) atoms. The van der Waals surface area contributed by atoms with Crippen LogP contribution < -0.4 is 16.0 Å². The summed E-state index contributed by atoms with van der Waals surface area (Å²) in [5.74, 6) is -0.457. The van der Waals surface area contributed by atoms with Crippen LogP contribution in [0.25, 0.3) is 0 Å². The Morgan fingerprint density at radius 1 is 1.56 bits per heavy atom. The third-order valence-corrected chi connectivity index (χ3v) is 3.22. The maximum absolute atomic E-state index is 11.0. The van der Waals surface area contributed by atoms with Crippen LogP contribution >= 0.6 is 11.6 Å². The number of halogens is 1. The van der Waals surface area contributed by atoms with Gasteiger partial charge in [-0.1, -0.05) is 11.6 Å². The molecule has 0 spiro atoms. The highest BCUT2D eigenvalue weighted by molar-refractivity contribution is 6.33.